The molecule has 1 aliphatic rings. The third-order valence-corrected chi connectivity index (χ3v) is 4.04. The molecule has 0 aromatic heterocycles. The summed E-state index contributed by atoms with van der Waals surface area (Å²) in [5.74, 6) is 1.59. The highest BCUT2D eigenvalue weighted by molar-refractivity contribution is 7.99. The Morgan fingerprint density at radius 1 is 1.44 bits per heavy atom. The number of hydrogen-bond acceptors (Lipinski definition) is 3. The van der Waals surface area contributed by atoms with Gasteiger partial charge < -0.3 is 10.4 Å². The lowest BCUT2D eigenvalue weighted by molar-refractivity contribution is 0.0674. The molecule has 2 N–H and O–H groups in total. The van der Waals surface area contributed by atoms with Gasteiger partial charge in [-0.05, 0) is 18.2 Å². The van der Waals surface area contributed by atoms with E-state index in [1.807, 2.05) is 6.07 Å². The second-order valence-electron chi connectivity index (χ2n) is 4.22. The van der Waals surface area contributed by atoms with E-state index >= 15 is 0 Å². The molecule has 2 nitrogen and oxygen atoms in total. The first-order valence-corrected chi connectivity index (χ1v) is 6.59. The quantitative estimate of drug-likeness (QED) is 0.843. The molecule has 1 fully saturated rings. The molecule has 1 unspecified atom stereocenters. The minimum atomic E-state index is -0.601. The first kappa shape index (κ1) is 11.9. The van der Waals surface area contributed by atoms with Gasteiger partial charge in [-0.2, -0.15) is 11.8 Å². The minimum absolute atomic E-state index is 0.192. The first-order chi connectivity index (χ1) is 7.70. The summed E-state index contributed by atoms with van der Waals surface area (Å²) in [7, 11) is 0. The number of thioether (sulfide) groups is 1. The lowest BCUT2D eigenvalue weighted by Gasteiger charge is -2.21. The zero-order valence-electron chi connectivity index (χ0n) is 9.08. The Morgan fingerprint density at radius 3 is 2.94 bits per heavy atom. The smallest absolute Gasteiger partial charge is 0.127 e. The van der Waals surface area contributed by atoms with E-state index in [4.69, 9.17) is 0 Å². The van der Waals surface area contributed by atoms with E-state index in [1.165, 1.54) is 6.07 Å². The van der Waals surface area contributed by atoms with E-state index in [0.29, 0.717) is 18.7 Å². The number of nitrogens with one attached hydrogen (secondary N) is 1. The minimum Gasteiger partial charge on any atom is -0.388 e. The fourth-order valence-corrected chi connectivity index (χ4v) is 3.10. The van der Waals surface area contributed by atoms with Gasteiger partial charge in [0.1, 0.15) is 5.82 Å². The van der Waals surface area contributed by atoms with Gasteiger partial charge >= 0.3 is 0 Å². The number of halogens is 1. The summed E-state index contributed by atoms with van der Waals surface area (Å²) in [6, 6.07) is 6.72. The van der Waals surface area contributed by atoms with Crippen LogP contribution < -0.4 is 5.32 Å². The Labute approximate surface area is 99.2 Å². The van der Waals surface area contributed by atoms with Gasteiger partial charge in [-0.15, -0.1) is 0 Å². The maximum atomic E-state index is 13.3. The Morgan fingerprint density at radius 2 is 2.25 bits per heavy atom. The average molecular weight is 241 g/mol. The summed E-state index contributed by atoms with van der Waals surface area (Å²) >= 11 is 1.77. The SMILES string of the molecule is OC1(CNCc2ccccc2F)CCSC1. The summed E-state index contributed by atoms with van der Waals surface area (Å²) in [6.45, 7) is 1.01. The fourth-order valence-electron chi connectivity index (χ4n) is 1.81. The Kier molecular flexibility index (Phi) is 3.84. The largest absolute Gasteiger partial charge is 0.388 e. The predicted molar refractivity (Wildman–Crippen MR) is 65.0 cm³/mol. The predicted octanol–water partition coefficient (Wildman–Crippen LogP) is 1.78. The molecule has 4 heteroatoms. The molecule has 2 rings (SSSR count). The van der Waals surface area contributed by atoms with Crippen molar-refractivity contribution in [2.45, 2.75) is 18.6 Å². The van der Waals surface area contributed by atoms with Crippen LogP contribution in [0.5, 0.6) is 0 Å². The van der Waals surface area contributed by atoms with Gasteiger partial charge in [0, 0.05) is 24.4 Å². The van der Waals surface area contributed by atoms with E-state index in [-0.39, 0.29) is 5.82 Å². The van der Waals surface area contributed by atoms with Crippen molar-refractivity contribution in [3.63, 3.8) is 0 Å². The maximum absolute atomic E-state index is 13.3. The average Bonchev–Trinajstić information content (AvgIpc) is 2.68. The van der Waals surface area contributed by atoms with Crippen molar-refractivity contribution in [1.29, 1.82) is 0 Å². The van der Waals surface area contributed by atoms with E-state index in [2.05, 4.69) is 5.32 Å². The van der Waals surface area contributed by atoms with Crippen LogP contribution in [0.15, 0.2) is 24.3 Å². The maximum Gasteiger partial charge on any atom is 0.127 e. The van der Waals surface area contributed by atoms with Crippen LogP contribution in [-0.2, 0) is 6.54 Å². The molecule has 0 saturated carbocycles. The zero-order valence-corrected chi connectivity index (χ0v) is 9.89. The van der Waals surface area contributed by atoms with Gasteiger partial charge in [0.25, 0.3) is 0 Å². The second kappa shape index (κ2) is 5.17. The molecule has 0 radical (unpaired) electrons. The third kappa shape index (κ3) is 2.97. The standard InChI is InChI=1S/C12H16FNOS/c13-11-4-2-1-3-10(11)7-14-8-12(15)5-6-16-9-12/h1-4,14-15H,5-9H2. The summed E-state index contributed by atoms with van der Waals surface area (Å²) < 4.78 is 13.3. The summed E-state index contributed by atoms with van der Waals surface area (Å²) in [5, 5.41) is 13.2. The highest BCUT2D eigenvalue weighted by atomic mass is 32.2. The van der Waals surface area contributed by atoms with Gasteiger partial charge in [-0.1, -0.05) is 18.2 Å². The molecule has 1 heterocycles. The van der Waals surface area contributed by atoms with Crippen molar-refractivity contribution < 1.29 is 9.50 Å². The fraction of sp³-hybridized carbons (Fsp3) is 0.500. The van der Waals surface area contributed by atoms with E-state index in [0.717, 1.165) is 17.9 Å². The number of aliphatic hydroxyl groups is 1. The van der Waals surface area contributed by atoms with Gasteiger partial charge in [0.2, 0.25) is 0 Å². The van der Waals surface area contributed by atoms with E-state index < -0.39 is 5.60 Å². The van der Waals surface area contributed by atoms with Crippen LogP contribution in [0.1, 0.15) is 12.0 Å². The van der Waals surface area contributed by atoms with Crippen LogP contribution in [0.3, 0.4) is 0 Å². The Hall–Kier alpha value is -0.580. The van der Waals surface area contributed by atoms with E-state index in [1.54, 1.807) is 23.9 Å². The highest BCUT2D eigenvalue weighted by Gasteiger charge is 2.30. The molecule has 1 atom stereocenters. The van der Waals surface area contributed by atoms with Crippen LogP contribution in [0.25, 0.3) is 0 Å². The van der Waals surface area contributed by atoms with Gasteiger partial charge in [0.15, 0.2) is 0 Å². The van der Waals surface area contributed by atoms with Gasteiger partial charge in [0.05, 0.1) is 5.60 Å². The van der Waals surface area contributed by atoms with Crippen molar-refractivity contribution in [2.75, 3.05) is 18.1 Å². The lowest BCUT2D eigenvalue weighted by atomic mass is 10.0. The van der Waals surface area contributed by atoms with Crippen LogP contribution in [0, 0.1) is 5.82 Å². The molecule has 1 aromatic carbocycles. The monoisotopic (exact) mass is 241 g/mol. The molecule has 1 aliphatic heterocycles. The topological polar surface area (TPSA) is 32.3 Å². The zero-order chi connectivity index (χ0) is 11.4. The van der Waals surface area contributed by atoms with Gasteiger partial charge in [-0.25, -0.2) is 4.39 Å². The molecule has 1 aromatic rings. The summed E-state index contributed by atoms with van der Waals surface area (Å²) in [6.07, 6.45) is 0.821. The Balaban J connectivity index is 1.82. The molecular formula is C12H16FNOS. The van der Waals surface area contributed by atoms with Crippen LogP contribution in [0.2, 0.25) is 0 Å². The molecular weight excluding hydrogens is 225 g/mol. The third-order valence-electron chi connectivity index (χ3n) is 2.81. The second-order valence-corrected chi connectivity index (χ2v) is 5.33. The lowest BCUT2D eigenvalue weighted by Crippen LogP contribution is -2.40. The summed E-state index contributed by atoms with van der Waals surface area (Å²) in [5.41, 5.74) is 0.0485. The molecule has 0 spiro atoms. The molecule has 0 aliphatic carbocycles. The van der Waals surface area contributed by atoms with E-state index in [9.17, 15) is 9.50 Å². The highest BCUT2D eigenvalue weighted by Crippen LogP contribution is 2.27. The van der Waals surface area contributed by atoms with Crippen molar-refractivity contribution in [3.8, 4) is 0 Å². The molecule has 88 valence electrons. The number of benzene rings is 1. The number of hydrogen-bond donors (Lipinski definition) is 2. The van der Waals surface area contributed by atoms with Crippen molar-refractivity contribution in [2.24, 2.45) is 0 Å². The molecule has 0 amide bonds. The number of rotatable bonds is 4. The van der Waals surface area contributed by atoms with Crippen molar-refractivity contribution >= 4 is 11.8 Å². The summed E-state index contributed by atoms with van der Waals surface area (Å²) in [4.78, 5) is 0. The van der Waals surface area contributed by atoms with Crippen molar-refractivity contribution in [3.05, 3.63) is 35.6 Å². The van der Waals surface area contributed by atoms with Crippen LogP contribution in [0.4, 0.5) is 4.39 Å². The van der Waals surface area contributed by atoms with Crippen LogP contribution >= 0.6 is 11.8 Å². The molecule has 1 saturated heterocycles. The molecule has 0 bridgehead atoms. The normalized spacial score (nSPS) is 24.9. The van der Waals surface area contributed by atoms with Gasteiger partial charge in [-0.3, -0.25) is 0 Å². The first-order valence-electron chi connectivity index (χ1n) is 5.44. The molecule has 16 heavy (non-hydrogen) atoms. The van der Waals surface area contributed by atoms with Crippen LogP contribution in [-0.4, -0.2) is 28.8 Å². The Bertz CT molecular complexity index is 353. The van der Waals surface area contributed by atoms with Crippen molar-refractivity contribution in [1.82, 2.24) is 5.32 Å².